The van der Waals surface area contributed by atoms with Gasteiger partial charge in [-0.25, -0.2) is 13.4 Å². The van der Waals surface area contributed by atoms with Gasteiger partial charge in [0.25, 0.3) is 0 Å². The number of benzene rings is 3. The quantitative estimate of drug-likeness (QED) is 0.0829. The second kappa shape index (κ2) is 18.4. The molecule has 0 bridgehead atoms. The number of aliphatic hydroxyl groups is 1. The van der Waals surface area contributed by atoms with Crippen molar-refractivity contribution in [2.45, 2.75) is 112 Å². The Hall–Kier alpha value is -5.09. The topological polar surface area (TPSA) is 184 Å². The van der Waals surface area contributed by atoms with E-state index in [-0.39, 0.29) is 33.7 Å². The molecule has 3 heterocycles. The van der Waals surface area contributed by atoms with E-state index in [2.05, 4.69) is 75.2 Å². The summed E-state index contributed by atoms with van der Waals surface area (Å²) in [6.07, 6.45) is 8.00. The van der Waals surface area contributed by atoms with Gasteiger partial charge in [0.15, 0.2) is 0 Å². The lowest BCUT2D eigenvalue weighted by atomic mass is 9.59. The van der Waals surface area contributed by atoms with Gasteiger partial charge in [0.2, 0.25) is 21.6 Å². The molecule has 3 aromatic carbocycles. The van der Waals surface area contributed by atoms with Crippen LogP contribution in [0.1, 0.15) is 111 Å². The van der Waals surface area contributed by atoms with Gasteiger partial charge in [0.05, 0.1) is 33.0 Å². The summed E-state index contributed by atoms with van der Waals surface area (Å²) in [4.78, 5) is 35.3. The Morgan fingerprint density at radius 1 is 1.00 bits per heavy atom. The molecule has 8 rings (SSSR count). The van der Waals surface area contributed by atoms with Gasteiger partial charge >= 0.3 is 5.69 Å². The van der Waals surface area contributed by atoms with Crippen LogP contribution in [0.2, 0.25) is 0 Å². The molecule has 1 atom stereocenters. The van der Waals surface area contributed by atoms with Gasteiger partial charge < -0.3 is 25.8 Å². The molecule has 4 aliphatic rings. The number of nitro groups is 1. The third kappa shape index (κ3) is 9.63. The zero-order chi connectivity index (χ0) is 45.4. The van der Waals surface area contributed by atoms with Crippen LogP contribution in [0.25, 0.3) is 0 Å². The zero-order valence-corrected chi connectivity index (χ0v) is 38.4. The van der Waals surface area contributed by atoms with E-state index in [1.165, 1.54) is 28.8 Å². The van der Waals surface area contributed by atoms with Crippen molar-refractivity contribution >= 4 is 32.9 Å². The number of methoxy groups -OCH3 is 1. The van der Waals surface area contributed by atoms with Gasteiger partial charge in [-0.1, -0.05) is 50.2 Å². The Balaban J connectivity index is 0.950. The molecule has 14 nitrogen and oxygen atoms in total. The average molecular weight is 894 g/mol. The summed E-state index contributed by atoms with van der Waals surface area (Å²) in [6.45, 7) is 12.0. The van der Waals surface area contributed by atoms with Crippen LogP contribution >= 0.6 is 0 Å². The zero-order valence-electron chi connectivity index (χ0n) is 37.5. The smallest absolute Gasteiger partial charge is 0.312 e. The van der Waals surface area contributed by atoms with E-state index in [0.717, 1.165) is 95.8 Å². The van der Waals surface area contributed by atoms with E-state index in [0.29, 0.717) is 37.0 Å². The standard InChI is InChI=1S/C49H63N7O7S/c1-33(2)40-7-5-6-8-41(40)44-32-53(31-35-9-12-38(63-4)13-10-35)23-24-55(44)37-27-49(28-37)19-21-54(22-20-49)36-11-14-42(46(50)57)45(25-36)64(61,62)39-26-43(56(59)60)47(52-30-39)51-29-34-15-17-48(3,58)18-16-34/h5-14,25-26,30,33-34,37,44,58H,15-24,27-29,31-32H2,1-4H3,(H2,50,57)(H,51,52)/t34?,44-,48?/m0/s1. The predicted octanol–water partition coefficient (Wildman–Crippen LogP) is 7.71. The Bertz CT molecular complexity index is 2440. The number of ether oxygens (including phenoxy) is 1. The lowest BCUT2D eigenvalue weighted by Gasteiger charge is -2.58. The van der Waals surface area contributed by atoms with Crippen LogP contribution < -0.4 is 20.7 Å². The Morgan fingerprint density at radius 2 is 1.70 bits per heavy atom. The average Bonchev–Trinajstić information content (AvgIpc) is 3.28. The number of hydrogen-bond donors (Lipinski definition) is 3. The van der Waals surface area contributed by atoms with Crippen LogP contribution in [0, 0.1) is 21.4 Å². The molecule has 2 aliphatic heterocycles. The summed E-state index contributed by atoms with van der Waals surface area (Å²) < 4.78 is 33.9. The molecule has 2 saturated heterocycles. The monoisotopic (exact) mass is 893 g/mol. The van der Waals surface area contributed by atoms with Crippen molar-refractivity contribution in [2.24, 2.45) is 17.1 Å². The second-order valence-corrected chi connectivity index (χ2v) is 21.3. The third-order valence-corrected chi connectivity index (χ3v) is 16.4. The number of nitrogens with one attached hydrogen (secondary N) is 1. The van der Waals surface area contributed by atoms with Crippen molar-refractivity contribution in [3.05, 3.63) is 111 Å². The summed E-state index contributed by atoms with van der Waals surface area (Å²) >= 11 is 0. The highest BCUT2D eigenvalue weighted by Gasteiger charge is 2.50. The van der Waals surface area contributed by atoms with Crippen molar-refractivity contribution < 1.29 is 28.0 Å². The largest absolute Gasteiger partial charge is 0.497 e. The first-order valence-electron chi connectivity index (χ1n) is 22.8. The van der Waals surface area contributed by atoms with Crippen molar-refractivity contribution in [3.63, 3.8) is 0 Å². The molecule has 1 amide bonds. The fourth-order valence-electron chi connectivity index (χ4n) is 10.7. The molecule has 1 spiro atoms. The van der Waals surface area contributed by atoms with E-state index in [9.17, 15) is 28.4 Å². The van der Waals surface area contributed by atoms with E-state index in [1.54, 1.807) is 13.2 Å². The Morgan fingerprint density at radius 3 is 2.36 bits per heavy atom. The molecule has 2 aliphatic carbocycles. The van der Waals surface area contributed by atoms with Gasteiger partial charge in [0.1, 0.15) is 5.75 Å². The number of sulfone groups is 1. The summed E-state index contributed by atoms with van der Waals surface area (Å²) in [6, 6.07) is 23.7. The molecule has 4 N–H and O–H groups in total. The third-order valence-electron chi connectivity index (χ3n) is 14.7. The first-order valence-corrected chi connectivity index (χ1v) is 24.3. The molecule has 342 valence electrons. The van der Waals surface area contributed by atoms with E-state index < -0.39 is 36.9 Å². The number of rotatable bonds is 14. The van der Waals surface area contributed by atoms with Crippen LogP contribution in [0.5, 0.6) is 5.75 Å². The number of carbonyl (C=O) groups excluding carboxylic acids is 1. The van der Waals surface area contributed by atoms with E-state index in [1.807, 2.05) is 19.1 Å². The maximum absolute atomic E-state index is 14.3. The first-order chi connectivity index (χ1) is 30.5. The minimum absolute atomic E-state index is 0.0338. The number of hydrogen-bond acceptors (Lipinski definition) is 12. The number of nitrogens with zero attached hydrogens (tertiary/aromatic N) is 5. The van der Waals surface area contributed by atoms with Gasteiger partial charge in [0, 0.05) is 75.8 Å². The second-order valence-electron chi connectivity index (χ2n) is 19.3. The van der Waals surface area contributed by atoms with Gasteiger partial charge in [-0.15, -0.1) is 0 Å². The molecule has 15 heteroatoms. The van der Waals surface area contributed by atoms with Crippen LogP contribution in [0.4, 0.5) is 17.2 Å². The SMILES string of the molecule is COc1ccc(CN2CCN(C3CC4(CCN(c5ccc(C(N)=O)c(S(=O)(=O)c6cnc(NCC7CCC(C)(O)CC7)c([N+](=O)[O-])c6)c5)CC4)C3)[C@H](c3ccccc3C(C)C)C2)cc1. The molecule has 0 radical (unpaired) electrons. The summed E-state index contributed by atoms with van der Waals surface area (Å²) in [7, 11) is -2.76. The van der Waals surface area contributed by atoms with Crippen LogP contribution in [-0.4, -0.2) is 97.2 Å². The van der Waals surface area contributed by atoms with Crippen molar-refractivity contribution in [2.75, 3.05) is 56.6 Å². The lowest BCUT2D eigenvalue weighted by Crippen LogP contribution is -2.60. The summed E-state index contributed by atoms with van der Waals surface area (Å²) in [5.74, 6) is 0.516. The van der Waals surface area contributed by atoms with E-state index >= 15 is 0 Å². The number of nitrogens with two attached hydrogens (primary N) is 1. The minimum atomic E-state index is -4.46. The number of pyridine rings is 1. The molecule has 2 saturated carbocycles. The van der Waals surface area contributed by atoms with Gasteiger partial charge in [-0.2, -0.15) is 0 Å². The Kier molecular flexibility index (Phi) is 13.1. The lowest BCUT2D eigenvalue weighted by molar-refractivity contribution is -0.384. The fraction of sp³-hybridized carbons (Fsp3) is 0.510. The van der Waals surface area contributed by atoms with Crippen molar-refractivity contribution in [1.29, 1.82) is 0 Å². The maximum atomic E-state index is 14.3. The summed E-state index contributed by atoms with van der Waals surface area (Å²) in [5, 5.41) is 25.6. The number of piperazine rings is 1. The van der Waals surface area contributed by atoms with Gasteiger partial charge in [-0.05, 0) is 123 Å². The predicted molar refractivity (Wildman–Crippen MR) is 248 cm³/mol. The highest BCUT2D eigenvalue weighted by Crippen LogP contribution is 2.53. The van der Waals surface area contributed by atoms with Crippen molar-refractivity contribution in [1.82, 2.24) is 14.8 Å². The number of primary amides is 1. The minimum Gasteiger partial charge on any atom is -0.497 e. The molecular weight excluding hydrogens is 831 g/mol. The summed E-state index contributed by atoms with van der Waals surface area (Å²) in [5.41, 5.74) is 9.30. The highest BCUT2D eigenvalue weighted by molar-refractivity contribution is 7.91. The van der Waals surface area contributed by atoms with Crippen LogP contribution in [0.3, 0.4) is 0 Å². The Labute approximate surface area is 377 Å². The number of amides is 1. The number of carbonyl (C=O) groups is 1. The molecular formula is C49H63N7O7S. The number of aromatic nitrogens is 1. The van der Waals surface area contributed by atoms with E-state index in [4.69, 9.17) is 10.5 Å². The normalized spacial score (nSPS) is 23.2. The van der Waals surface area contributed by atoms with Gasteiger partial charge in [-0.3, -0.25) is 24.7 Å². The highest BCUT2D eigenvalue weighted by atomic mass is 32.2. The fourth-order valence-corrected chi connectivity index (χ4v) is 12.2. The van der Waals surface area contributed by atoms with Crippen molar-refractivity contribution in [3.8, 4) is 5.75 Å². The molecule has 0 unspecified atom stereocenters. The van der Waals surface area contributed by atoms with Crippen LogP contribution in [0.15, 0.2) is 88.8 Å². The molecule has 1 aromatic heterocycles. The first kappa shape index (κ1) is 45.5. The number of piperidine rings is 1. The maximum Gasteiger partial charge on any atom is 0.312 e. The molecule has 4 aromatic rings. The van der Waals surface area contributed by atoms with Crippen LogP contribution in [-0.2, 0) is 16.4 Å². The molecule has 64 heavy (non-hydrogen) atoms. The number of anilines is 2. The molecule has 4 fully saturated rings.